The Morgan fingerprint density at radius 1 is 0.966 bits per heavy atom. The van der Waals surface area contributed by atoms with Crippen molar-refractivity contribution in [1.82, 2.24) is 5.32 Å². The molecule has 1 aliphatic heterocycles. The molecule has 3 N–H and O–H groups in total. The van der Waals surface area contributed by atoms with Gasteiger partial charge in [0.05, 0.1) is 24.3 Å². The summed E-state index contributed by atoms with van der Waals surface area (Å²) in [7, 11) is 0. The molecule has 5 nitrogen and oxygen atoms in total. The largest absolute Gasteiger partial charge is 0.352 e. The molecule has 2 aromatic rings. The molecule has 0 aromatic heterocycles. The van der Waals surface area contributed by atoms with E-state index in [0.29, 0.717) is 36.2 Å². The van der Waals surface area contributed by atoms with Gasteiger partial charge in [-0.3, -0.25) is 9.59 Å². The number of carbonyl (C=O) groups is 2. The fourth-order valence-corrected chi connectivity index (χ4v) is 4.34. The van der Waals surface area contributed by atoms with Crippen LogP contribution in [0.4, 0.5) is 5.69 Å². The van der Waals surface area contributed by atoms with Crippen molar-refractivity contribution in [1.29, 1.82) is 0 Å². The Balaban J connectivity index is 1.55. The fourth-order valence-electron chi connectivity index (χ4n) is 4.34. The number of nitrogens with one attached hydrogen (secondary N) is 3. The van der Waals surface area contributed by atoms with Crippen molar-refractivity contribution in [3.63, 3.8) is 0 Å². The summed E-state index contributed by atoms with van der Waals surface area (Å²) in [5.74, 6) is 1.09. The number of piperidine rings is 1. The number of benzene rings is 2. The first-order chi connectivity index (χ1) is 14.0. The standard InChI is InChI=1S/C24H31N3O2/c1-18-14-19(2)16-27(15-18)17-23(28)26-22-11-7-6-10-21(22)24(29)25-13-12-20-8-4-3-5-9-20/h3-11,18-19H,12-17H2,1-2H3,(H,25,29)(H,26,28)/p+1/t18-,19-/m1/s1. The van der Waals surface area contributed by atoms with Crippen molar-refractivity contribution in [2.75, 3.05) is 31.5 Å². The van der Waals surface area contributed by atoms with Gasteiger partial charge in [-0.2, -0.15) is 0 Å². The van der Waals surface area contributed by atoms with Gasteiger partial charge < -0.3 is 15.5 Å². The van der Waals surface area contributed by atoms with Crippen LogP contribution in [0.5, 0.6) is 0 Å². The van der Waals surface area contributed by atoms with E-state index in [2.05, 4.69) is 24.5 Å². The summed E-state index contributed by atoms with van der Waals surface area (Å²) in [5.41, 5.74) is 2.26. The molecule has 3 rings (SSSR count). The van der Waals surface area contributed by atoms with Gasteiger partial charge in [0.1, 0.15) is 0 Å². The van der Waals surface area contributed by atoms with Crippen LogP contribution in [0, 0.1) is 11.8 Å². The highest BCUT2D eigenvalue weighted by molar-refractivity contribution is 6.03. The molecule has 29 heavy (non-hydrogen) atoms. The first-order valence-corrected chi connectivity index (χ1v) is 10.6. The predicted molar refractivity (Wildman–Crippen MR) is 116 cm³/mol. The first kappa shape index (κ1) is 21.1. The zero-order valence-corrected chi connectivity index (χ0v) is 17.4. The second-order valence-electron chi connectivity index (χ2n) is 8.37. The van der Waals surface area contributed by atoms with Crippen LogP contribution in [0.1, 0.15) is 36.2 Å². The maximum atomic E-state index is 12.6. The zero-order chi connectivity index (χ0) is 20.6. The lowest BCUT2D eigenvalue weighted by molar-refractivity contribution is -0.904. The van der Waals surface area contributed by atoms with Crippen LogP contribution in [0.15, 0.2) is 54.6 Å². The van der Waals surface area contributed by atoms with Gasteiger partial charge in [0.2, 0.25) is 0 Å². The zero-order valence-electron chi connectivity index (χ0n) is 17.4. The van der Waals surface area contributed by atoms with Gasteiger partial charge in [-0.15, -0.1) is 0 Å². The third kappa shape index (κ3) is 6.43. The monoisotopic (exact) mass is 394 g/mol. The Kier molecular flexibility index (Phi) is 7.42. The third-order valence-corrected chi connectivity index (χ3v) is 5.48. The van der Waals surface area contributed by atoms with Crippen LogP contribution in [0.2, 0.25) is 0 Å². The van der Waals surface area contributed by atoms with Gasteiger partial charge in [-0.05, 0) is 30.5 Å². The minimum atomic E-state index is -0.163. The van der Waals surface area contributed by atoms with Crippen molar-refractivity contribution in [2.24, 2.45) is 11.8 Å². The molecular weight excluding hydrogens is 362 g/mol. The molecule has 1 fully saturated rings. The van der Waals surface area contributed by atoms with Gasteiger partial charge in [0.15, 0.2) is 6.54 Å². The summed E-state index contributed by atoms with van der Waals surface area (Å²) >= 11 is 0. The van der Waals surface area contributed by atoms with Gasteiger partial charge in [0.25, 0.3) is 11.8 Å². The lowest BCUT2D eigenvalue weighted by Gasteiger charge is -2.31. The second kappa shape index (κ2) is 10.2. The lowest BCUT2D eigenvalue weighted by Crippen LogP contribution is -3.15. The van der Waals surface area contributed by atoms with E-state index < -0.39 is 0 Å². The molecule has 0 bridgehead atoms. The molecule has 2 amide bonds. The molecule has 1 aliphatic rings. The topological polar surface area (TPSA) is 62.6 Å². The first-order valence-electron chi connectivity index (χ1n) is 10.6. The quantitative estimate of drug-likeness (QED) is 0.674. The normalized spacial score (nSPS) is 21.4. The number of quaternary nitrogens is 1. The Morgan fingerprint density at radius 2 is 1.62 bits per heavy atom. The minimum Gasteiger partial charge on any atom is -0.352 e. The average Bonchev–Trinajstić information content (AvgIpc) is 2.68. The maximum absolute atomic E-state index is 12.6. The molecule has 0 aliphatic carbocycles. The molecule has 0 unspecified atom stereocenters. The van der Waals surface area contributed by atoms with Crippen LogP contribution < -0.4 is 15.5 Å². The maximum Gasteiger partial charge on any atom is 0.279 e. The summed E-state index contributed by atoms with van der Waals surface area (Å²) in [6, 6.07) is 17.3. The summed E-state index contributed by atoms with van der Waals surface area (Å²) in [6.07, 6.45) is 2.01. The van der Waals surface area contributed by atoms with E-state index >= 15 is 0 Å². The highest BCUT2D eigenvalue weighted by Crippen LogP contribution is 2.15. The SMILES string of the molecule is C[C@@H]1C[C@@H](C)C[NH+](CC(=O)Nc2ccccc2C(=O)NCCc2ccccc2)C1. The van der Waals surface area contributed by atoms with E-state index in [0.717, 1.165) is 19.5 Å². The van der Waals surface area contributed by atoms with Crippen molar-refractivity contribution < 1.29 is 14.5 Å². The molecule has 0 spiro atoms. The highest BCUT2D eigenvalue weighted by atomic mass is 16.2. The number of para-hydroxylation sites is 1. The average molecular weight is 395 g/mol. The predicted octanol–water partition coefficient (Wildman–Crippen LogP) is 2.16. The van der Waals surface area contributed by atoms with E-state index in [1.54, 1.807) is 12.1 Å². The molecule has 1 saturated heterocycles. The van der Waals surface area contributed by atoms with Crippen LogP contribution in [-0.4, -0.2) is 38.0 Å². The van der Waals surface area contributed by atoms with Crippen LogP contribution in [-0.2, 0) is 11.2 Å². The van der Waals surface area contributed by atoms with Crippen molar-refractivity contribution in [3.05, 3.63) is 65.7 Å². The fraction of sp³-hybridized carbons (Fsp3) is 0.417. The molecule has 154 valence electrons. The number of anilines is 1. The van der Waals surface area contributed by atoms with E-state index in [9.17, 15) is 9.59 Å². The Labute approximate surface area is 173 Å². The number of hydrogen-bond donors (Lipinski definition) is 3. The van der Waals surface area contributed by atoms with Gasteiger partial charge in [-0.25, -0.2) is 0 Å². The number of amides is 2. The van der Waals surface area contributed by atoms with Gasteiger partial charge in [0, 0.05) is 18.4 Å². The minimum absolute atomic E-state index is 0.0363. The number of rotatable bonds is 7. The van der Waals surface area contributed by atoms with Crippen LogP contribution in [0.3, 0.4) is 0 Å². The summed E-state index contributed by atoms with van der Waals surface area (Å²) in [6.45, 7) is 7.56. The number of likely N-dealkylation sites (tertiary alicyclic amines) is 1. The van der Waals surface area contributed by atoms with E-state index in [1.165, 1.54) is 16.9 Å². The van der Waals surface area contributed by atoms with Crippen LogP contribution in [0.25, 0.3) is 0 Å². The third-order valence-electron chi connectivity index (χ3n) is 5.48. The second-order valence-corrected chi connectivity index (χ2v) is 8.37. The molecular formula is C24H32N3O2+. The molecule has 2 atom stereocenters. The molecule has 5 heteroatoms. The molecule has 1 heterocycles. The van der Waals surface area contributed by atoms with Crippen molar-refractivity contribution in [3.8, 4) is 0 Å². The summed E-state index contributed by atoms with van der Waals surface area (Å²) < 4.78 is 0. The Hall–Kier alpha value is -2.66. The Morgan fingerprint density at radius 3 is 2.34 bits per heavy atom. The van der Waals surface area contributed by atoms with E-state index in [1.807, 2.05) is 42.5 Å². The molecule has 0 saturated carbocycles. The van der Waals surface area contributed by atoms with E-state index in [-0.39, 0.29) is 11.8 Å². The van der Waals surface area contributed by atoms with E-state index in [4.69, 9.17) is 0 Å². The molecule has 0 radical (unpaired) electrons. The summed E-state index contributed by atoms with van der Waals surface area (Å²) in [4.78, 5) is 26.6. The van der Waals surface area contributed by atoms with Gasteiger partial charge in [-0.1, -0.05) is 56.3 Å². The van der Waals surface area contributed by atoms with Crippen LogP contribution >= 0.6 is 0 Å². The van der Waals surface area contributed by atoms with Crippen molar-refractivity contribution >= 4 is 17.5 Å². The van der Waals surface area contributed by atoms with Gasteiger partial charge >= 0.3 is 0 Å². The number of carbonyl (C=O) groups excluding carboxylic acids is 2. The van der Waals surface area contributed by atoms with Crippen molar-refractivity contribution in [2.45, 2.75) is 26.7 Å². The highest BCUT2D eigenvalue weighted by Gasteiger charge is 2.27. The lowest BCUT2D eigenvalue weighted by atomic mass is 9.92. The smallest absolute Gasteiger partial charge is 0.279 e. The Bertz CT molecular complexity index is 812. The number of hydrogen-bond acceptors (Lipinski definition) is 2. The molecule has 2 aromatic carbocycles. The summed E-state index contributed by atoms with van der Waals surface area (Å²) in [5, 5.41) is 5.91.